The Kier molecular flexibility index (Phi) is 4.77. The zero-order valence-electron chi connectivity index (χ0n) is 11.3. The zero-order chi connectivity index (χ0) is 12.2. The molecule has 0 bridgehead atoms. The summed E-state index contributed by atoms with van der Waals surface area (Å²) < 4.78 is 5.94. The number of nitrogens with one attached hydrogen (secondary N) is 1. The minimum Gasteiger partial charge on any atom is -0.374 e. The lowest BCUT2D eigenvalue weighted by Gasteiger charge is -2.41. The van der Waals surface area contributed by atoms with E-state index < -0.39 is 0 Å². The molecule has 1 aliphatic heterocycles. The van der Waals surface area contributed by atoms with Crippen LogP contribution in [0.2, 0.25) is 0 Å². The van der Waals surface area contributed by atoms with Crippen molar-refractivity contribution >= 4 is 0 Å². The second kappa shape index (κ2) is 5.48. The molecule has 0 aromatic rings. The lowest BCUT2D eigenvalue weighted by molar-refractivity contribution is -0.0914. The van der Waals surface area contributed by atoms with Gasteiger partial charge in [-0.1, -0.05) is 20.8 Å². The van der Waals surface area contributed by atoms with Gasteiger partial charge < -0.3 is 4.74 Å². The number of hydrogen-bond donors (Lipinski definition) is 2. The van der Waals surface area contributed by atoms with E-state index in [1.165, 1.54) is 19.3 Å². The first-order valence-corrected chi connectivity index (χ1v) is 6.47. The van der Waals surface area contributed by atoms with Crippen molar-refractivity contribution in [1.82, 2.24) is 5.43 Å². The minimum absolute atomic E-state index is 0.0712. The summed E-state index contributed by atoms with van der Waals surface area (Å²) in [6, 6.07) is 0.270. The predicted octanol–water partition coefficient (Wildman–Crippen LogP) is 2.60. The minimum atomic E-state index is -0.0712. The molecule has 3 nitrogen and oxygen atoms in total. The summed E-state index contributed by atoms with van der Waals surface area (Å²) in [5, 5.41) is 0. The van der Waals surface area contributed by atoms with Crippen LogP contribution < -0.4 is 11.3 Å². The average Bonchev–Trinajstić information content (AvgIpc) is 2.17. The van der Waals surface area contributed by atoms with Gasteiger partial charge >= 0.3 is 0 Å². The molecule has 1 rings (SSSR count). The Morgan fingerprint density at radius 3 is 2.50 bits per heavy atom. The maximum atomic E-state index is 5.94. The molecule has 96 valence electrons. The first-order valence-electron chi connectivity index (χ1n) is 6.47. The maximum absolute atomic E-state index is 5.94. The van der Waals surface area contributed by atoms with Crippen LogP contribution in [0.1, 0.15) is 59.8 Å². The summed E-state index contributed by atoms with van der Waals surface area (Å²) in [4.78, 5) is 0. The molecular weight excluding hydrogens is 200 g/mol. The Bertz CT molecular complexity index is 204. The Labute approximate surface area is 100 Å². The van der Waals surface area contributed by atoms with Crippen LogP contribution in [-0.4, -0.2) is 18.2 Å². The van der Waals surface area contributed by atoms with Crippen molar-refractivity contribution in [3.63, 3.8) is 0 Å². The normalized spacial score (nSPS) is 29.1. The molecule has 1 aliphatic rings. The van der Waals surface area contributed by atoms with Gasteiger partial charge in [0.1, 0.15) is 0 Å². The lowest BCUT2D eigenvalue weighted by Crippen LogP contribution is -2.54. The van der Waals surface area contributed by atoms with Gasteiger partial charge in [0.25, 0.3) is 0 Å². The van der Waals surface area contributed by atoms with Crippen LogP contribution in [0.25, 0.3) is 0 Å². The van der Waals surface area contributed by atoms with Crippen molar-refractivity contribution in [2.24, 2.45) is 11.3 Å². The third-order valence-electron chi connectivity index (χ3n) is 3.62. The number of ether oxygens (including phenoxy) is 1. The molecule has 2 atom stereocenters. The van der Waals surface area contributed by atoms with Gasteiger partial charge in [-0.25, -0.2) is 0 Å². The molecule has 0 amide bonds. The molecule has 0 aliphatic carbocycles. The molecule has 0 aromatic carbocycles. The lowest BCUT2D eigenvalue weighted by atomic mass is 9.81. The van der Waals surface area contributed by atoms with Crippen LogP contribution in [-0.2, 0) is 4.74 Å². The van der Waals surface area contributed by atoms with Crippen LogP contribution in [0.3, 0.4) is 0 Å². The fourth-order valence-corrected chi connectivity index (χ4v) is 2.37. The summed E-state index contributed by atoms with van der Waals surface area (Å²) >= 11 is 0. The van der Waals surface area contributed by atoms with Crippen LogP contribution >= 0.6 is 0 Å². The highest BCUT2D eigenvalue weighted by Gasteiger charge is 2.36. The highest BCUT2D eigenvalue weighted by molar-refractivity contribution is 4.91. The van der Waals surface area contributed by atoms with E-state index in [0.717, 1.165) is 19.4 Å². The second-order valence-corrected chi connectivity index (χ2v) is 6.44. The molecule has 0 spiro atoms. The molecule has 1 fully saturated rings. The third-order valence-corrected chi connectivity index (χ3v) is 3.62. The maximum Gasteiger partial charge on any atom is 0.0820 e. The second-order valence-electron chi connectivity index (χ2n) is 6.44. The Morgan fingerprint density at radius 2 is 2.06 bits per heavy atom. The number of nitrogens with two attached hydrogens (primary N) is 1. The van der Waals surface area contributed by atoms with Crippen LogP contribution in [0.5, 0.6) is 0 Å². The molecule has 0 aromatic heterocycles. The average molecular weight is 228 g/mol. The fraction of sp³-hybridized carbons (Fsp3) is 1.00. The quantitative estimate of drug-likeness (QED) is 0.574. The molecule has 3 N–H and O–H groups in total. The number of hydrazine groups is 1. The van der Waals surface area contributed by atoms with E-state index in [-0.39, 0.29) is 11.6 Å². The van der Waals surface area contributed by atoms with Gasteiger partial charge in [0.2, 0.25) is 0 Å². The topological polar surface area (TPSA) is 47.3 Å². The van der Waals surface area contributed by atoms with E-state index >= 15 is 0 Å². The Morgan fingerprint density at radius 1 is 1.38 bits per heavy atom. The highest BCUT2D eigenvalue weighted by atomic mass is 16.5. The van der Waals surface area contributed by atoms with Gasteiger partial charge in [0, 0.05) is 12.6 Å². The molecule has 2 unspecified atom stereocenters. The van der Waals surface area contributed by atoms with Crippen molar-refractivity contribution in [2.45, 2.75) is 71.4 Å². The van der Waals surface area contributed by atoms with Gasteiger partial charge in [0.05, 0.1) is 5.60 Å². The summed E-state index contributed by atoms with van der Waals surface area (Å²) in [6.07, 6.45) is 5.81. The van der Waals surface area contributed by atoms with Crippen molar-refractivity contribution in [2.75, 3.05) is 6.61 Å². The standard InChI is InChI=1S/C13H28N2O/c1-12(2,3)9-7-11(15-14)13(4)8-5-6-10-16-13/h11,15H,5-10,14H2,1-4H3. The monoisotopic (exact) mass is 228 g/mol. The van der Waals surface area contributed by atoms with Gasteiger partial charge in [-0.2, -0.15) is 0 Å². The predicted molar refractivity (Wildman–Crippen MR) is 68.0 cm³/mol. The Hall–Kier alpha value is -0.120. The van der Waals surface area contributed by atoms with Crippen molar-refractivity contribution in [1.29, 1.82) is 0 Å². The molecule has 3 heteroatoms. The van der Waals surface area contributed by atoms with Crippen molar-refractivity contribution in [3.8, 4) is 0 Å². The fourth-order valence-electron chi connectivity index (χ4n) is 2.37. The van der Waals surface area contributed by atoms with Crippen molar-refractivity contribution in [3.05, 3.63) is 0 Å². The van der Waals surface area contributed by atoms with E-state index in [4.69, 9.17) is 10.6 Å². The van der Waals surface area contributed by atoms with Gasteiger partial charge in [-0.15, -0.1) is 0 Å². The molecular formula is C13H28N2O. The van der Waals surface area contributed by atoms with Crippen LogP contribution in [0.15, 0.2) is 0 Å². The number of rotatable bonds is 4. The summed E-state index contributed by atoms with van der Waals surface area (Å²) in [5.74, 6) is 5.69. The highest BCUT2D eigenvalue weighted by Crippen LogP contribution is 2.32. The van der Waals surface area contributed by atoms with E-state index in [1.807, 2.05) is 0 Å². The van der Waals surface area contributed by atoms with Crippen molar-refractivity contribution < 1.29 is 4.74 Å². The van der Waals surface area contributed by atoms with E-state index in [0.29, 0.717) is 5.41 Å². The first kappa shape index (κ1) is 13.9. The SMILES string of the molecule is CC(C)(C)CCC(NN)C1(C)CCCCO1. The first-order chi connectivity index (χ1) is 7.37. The van der Waals surface area contributed by atoms with Crippen LogP contribution in [0.4, 0.5) is 0 Å². The summed E-state index contributed by atoms with van der Waals surface area (Å²) in [5.41, 5.74) is 3.25. The molecule has 1 heterocycles. The van der Waals surface area contributed by atoms with E-state index in [9.17, 15) is 0 Å². The van der Waals surface area contributed by atoms with E-state index in [1.54, 1.807) is 0 Å². The third kappa shape index (κ3) is 4.04. The Balaban J connectivity index is 2.52. The van der Waals surface area contributed by atoms with Gasteiger partial charge in [-0.05, 0) is 44.4 Å². The smallest absolute Gasteiger partial charge is 0.0820 e. The molecule has 0 saturated carbocycles. The molecule has 1 saturated heterocycles. The number of hydrogen-bond acceptors (Lipinski definition) is 3. The summed E-state index contributed by atoms with van der Waals surface area (Å²) in [7, 11) is 0. The summed E-state index contributed by atoms with van der Waals surface area (Å²) in [6.45, 7) is 9.88. The molecule has 16 heavy (non-hydrogen) atoms. The van der Waals surface area contributed by atoms with Gasteiger partial charge in [-0.3, -0.25) is 11.3 Å². The van der Waals surface area contributed by atoms with Crippen LogP contribution in [0, 0.1) is 5.41 Å². The largest absolute Gasteiger partial charge is 0.374 e. The van der Waals surface area contributed by atoms with Gasteiger partial charge in [0.15, 0.2) is 0 Å². The zero-order valence-corrected chi connectivity index (χ0v) is 11.3. The molecule has 0 radical (unpaired) electrons. The van der Waals surface area contributed by atoms with E-state index in [2.05, 4.69) is 33.1 Å².